The third-order valence-corrected chi connectivity index (χ3v) is 2.52. The summed E-state index contributed by atoms with van der Waals surface area (Å²) in [6.07, 6.45) is 0.920. The molecule has 0 aliphatic carbocycles. The highest BCUT2D eigenvalue weighted by Gasteiger charge is 2.17. The lowest BCUT2D eigenvalue weighted by Gasteiger charge is -2.15. The molecule has 1 unspecified atom stereocenters. The van der Waals surface area contributed by atoms with Crippen molar-refractivity contribution in [1.82, 2.24) is 5.32 Å². The number of benzene rings is 1. The molecule has 3 N–H and O–H groups in total. The number of carboxylic acids is 1. The Morgan fingerprint density at radius 3 is 2.67 bits per heavy atom. The molecular formula is C13H18N2O3. The minimum absolute atomic E-state index is 0.155. The summed E-state index contributed by atoms with van der Waals surface area (Å²) >= 11 is 0. The number of amides is 1. The summed E-state index contributed by atoms with van der Waals surface area (Å²) < 4.78 is 0. The predicted molar refractivity (Wildman–Crippen MR) is 69.6 cm³/mol. The maximum absolute atomic E-state index is 10.9. The fourth-order valence-electron chi connectivity index (χ4n) is 1.57. The van der Waals surface area contributed by atoms with E-state index in [2.05, 4.69) is 17.6 Å². The van der Waals surface area contributed by atoms with Gasteiger partial charge in [0, 0.05) is 19.2 Å². The summed E-state index contributed by atoms with van der Waals surface area (Å²) in [7, 11) is 0. The van der Waals surface area contributed by atoms with E-state index in [1.165, 1.54) is 12.5 Å². The van der Waals surface area contributed by atoms with Crippen LogP contribution in [0.2, 0.25) is 0 Å². The van der Waals surface area contributed by atoms with E-state index in [-0.39, 0.29) is 12.5 Å². The van der Waals surface area contributed by atoms with Crippen LogP contribution in [0.1, 0.15) is 19.4 Å². The molecule has 0 bridgehead atoms. The first-order valence-corrected chi connectivity index (χ1v) is 5.85. The van der Waals surface area contributed by atoms with Crippen molar-refractivity contribution >= 4 is 17.6 Å². The van der Waals surface area contributed by atoms with Crippen LogP contribution in [0.15, 0.2) is 24.3 Å². The van der Waals surface area contributed by atoms with Crippen molar-refractivity contribution in [3.8, 4) is 0 Å². The molecule has 5 nitrogen and oxygen atoms in total. The number of rotatable bonds is 6. The fourth-order valence-corrected chi connectivity index (χ4v) is 1.57. The molecule has 98 valence electrons. The van der Waals surface area contributed by atoms with Crippen LogP contribution in [0, 0.1) is 0 Å². The van der Waals surface area contributed by atoms with Crippen LogP contribution in [-0.2, 0) is 16.0 Å². The van der Waals surface area contributed by atoms with Crippen LogP contribution >= 0.6 is 0 Å². The Balaban J connectivity index is 2.60. The molecule has 0 aliphatic rings. The van der Waals surface area contributed by atoms with Gasteiger partial charge in [0.25, 0.3) is 0 Å². The van der Waals surface area contributed by atoms with E-state index < -0.39 is 12.0 Å². The van der Waals surface area contributed by atoms with Crippen LogP contribution < -0.4 is 10.6 Å². The van der Waals surface area contributed by atoms with E-state index in [1.54, 1.807) is 0 Å². The first-order chi connectivity index (χ1) is 8.52. The highest BCUT2D eigenvalue weighted by molar-refractivity contribution is 5.82. The highest BCUT2D eigenvalue weighted by Crippen LogP contribution is 2.10. The molecule has 0 saturated heterocycles. The molecule has 0 spiro atoms. The van der Waals surface area contributed by atoms with E-state index in [0.29, 0.717) is 0 Å². The third kappa shape index (κ3) is 4.45. The molecule has 0 aliphatic heterocycles. The van der Waals surface area contributed by atoms with Gasteiger partial charge in [-0.15, -0.1) is 0 Å². The number of carboxylic acid groups (broad SMARTS) is 1. The molecule has 1 rings (SSSR count). The van der Waals surface area contributed by atoms with Gasteiger partial charge < -0.3 is 15.7 Å². The number of aliphatic carboxylic acids is 1. The maximum Gasteiger partial charge on any atom is 0.328 e. The molecule has 0 aromatic heterocycles. The number of nitrogens with one attached hydrogen (secondary N) is 2. The van der Waals surface area contributed by atoms with Gasteiger partial charge in [0.1, 0.15) is 6.04 Å². The Morgan fingerprint density at radius 1 is 1.39 bits per heavy atom. The zero-order valence-corrected chi connectivity index (χ0v) is 10.6. The number of carbonyl (C=O) groups is 2. The summed E-state index contributed by atoms with van der Waals surface area (Å²) in [5.41, 5.74) is 2.03. The number of aryl methyl sites for hydroxylation is 1. The Hall–Kier alpha value is -2.04. The SMILES string of the molecule is CCc1cccc(NCC(NC(C)=O)C(=O)O)c1. The second kappa shape index (κ2) is 6.64. The van der Waals surface area contributed by atoms with Gasteiger partial charge in [0.05, 0.1) is 0 Å². The van der Waals surface area contributed by atoms with E-state index in [1.807, 2.05) is 24.3 Å². The molecule has 5 heteroatoms. The van der Waals surface area contributed by atoms with E-state index in [0.717, 1.165) is 12.1 Å². The van der Waals surface area contributed by atoms with Crippen LogP contribution in [-0.4, -0.2) is 29.6 Å². The van der Waals surface area contributed by atoms with Crippen molar-refractivity contribution in [3.63, 3.8) is 0 Å². The summed E-state index contributed by atoms with van der Waals surface area (Å²) in [5.74, 6) is -1.41. The van der Waals surface area contributed by atoms with Crippen LogP contribution in [0.4, 0.5) is 5.69 Å². The third-order valence-electron chi connectivity index (χ3n) is 2.52. The molecule has 1 atom stereocenters. The molecule has 0 saturated carbocycles. The number of carbonyl (C=O) groups excluding carboxylic acids is 1. The van der Waals surface area contributed by atoms with Crippen molar-refractivity contribution in [1.29, 1.82) is 0 Å². The quantitative estimate of drug-likeness (QED) is 0.710. The Bertz CT molecular complexity index is 432. The number of hydrogen-bond donors (Lipinski definition) is 3. The van der Waals surface area contributed by atoms with Gasteiger partial charge in [-0.2, -0.15) is 0 Å². The second-order valence-corrected chi connectivity index (χ2v) is 4.03. The zero-order chi connectivity index (χ0) is 13.5. The minimum Gasteiger partial charge on any atom is -0.480 e. The monoisotopic (exact) mass is 250 g/mol. The van der Waals surface area contributed by atoms with E-state index in [9.17, 15) is 9.59 Å². The Labute approximate surface area is 106 Å². The molecule has 0 radical (unpaired) electrons. The van der Waals surface area contributed by atoms with Gasteiger partial charge in [-0.1, -0.05) is 19.1 Å². The maximum atomic E-state index is 10.9. The molecule has 18 heavy (non-hydrogen) atoms. The van der Waals surface area contributed by atoms with Gasteiger partial charge in [0.15, 0.2) is 0 Å². The second-order valence-electron chi connectivity index (χ2n) is 4.03. The lowest BCUT2D eigenvalue weighted by Crippen LogP contribution is -2.44. The fraction of sp³-hybridized carbons (Fsp3) is 0.385. The van der Waals surface area contributed by atoms with Gasteiger partial charge in [-0.3, -0.25) is 4.79 Å². The average Bonchev–Trinajstić information content (AvgIpc) is 2.34. The standard InChI is InChI=1S/C13H18N2O3/c1-3-10-5-4-6-11(7-10)14-8-12(13(17)18)15-9(2)16/h4-7,12,14H,3,8H2,1-2H3,(H,15,16)(H,17,18). The molecule has 1 aromatic rings. The summed E-state index contributed by atoms with van der Waals surface area (Å²) in [6.45, 7) is 3.51. The van der Waals surface area contributed by atoms with E-state index in [4.69, 9.17) is 5.11 Å². The lowest BCUT2D eigenvalue weighted by molar-refractivity contribution is -0.141. The van der Waals surface area contributed by atoms with Crippen molar-refractivity contribution in [2.75, 3.05) is 11.9 Å². The topological polar surface area (TPSA) is 78.4 Å². The van der Waals surface area contributed by atoms with Crippen molar-refractivity contribution in [2.24, 2.45) is 0 Å². The van der Waals surface area contributed by atoms with Crippen molar-refractivity contribution in [2.45, 2.75) is 26.3 Å². The Kier molecular flexibility index (Phi) is 5.17. The molecule has 0 fully saturated rings. The van der Waals surface area contributed by atoms with Gasteiger partial charge in [0.2, 0.25) is 5.91 Å². The Morgan fingerprint density at radius 2 is 2.11 bits per heavy atom. The predicted octanol–water partition coefficient (Wildman–Crippen LogP) is 1.25. The molecular weight excluding hydrogens is 232 g/mol. The van der Waals surface area contributed by atoms with Gasteiger partial charge >= 0.3 is 5.97 Å². The molecule has 1 aromatic carbocycles. The van der Waals surface area contributed by atoms with Gasteiger partial charge in [-0.05, 0) is 24.1 Å². The summed E-state index contributed by atoms with van der Waals surface area (Å²) in [4.78, 5) is 21.8. The summed E-state index contributed by atoms with van der Waals surface area (Å²) in [5, 5.41) is 14.3. The minimum atomic E-state index is -1.05. The van der Waals surface area contributed by atoms with Crippen LogP contribution in [0.25, 0.3) is 0 Å². The average molecular weight is 250 g/mol. The van der Waals surface area contributed by atoms with Crippen LogP contribution in [0.5, 0.6) is 0 Å². The van der Waals surface area contributed by atoms with Gasteiger partial charge in [-0.25, -0.2) is 4.79 Å². The zero-order valence-electron chi connectivity index (χ0n) is 10.6. The van der Waals surface area contributed by atoms with E-state index >= 15 is 0 Å². The normalized spacial score (nSPS) is 11.7. The van der Waals surface area contributed by atoms with Crippen molar-refractivity contribution in [3.05, 3.63) is 29.8 Å². The van der Waals surface area contributed by atoms with Crippen molar-refractivity contribution < 1.29 is 14.7 Å². The number of anilines is 1. The molecule has 0 heterocycles. The lowest BCUT2D eigenvalue weighted by atomic mass is 10.1. The molecule has 1 amide bonds. The largest absolute Gasteiger partial charge is 0.480 e. The highest BCUT2D eigenvalue weighted by atomic mass is 16.4. The summed E-state index contributed by atoms with van der Waals surface area (Å²) in [6, 6.07) is 6.83. The smallest absolute Gasteiger partial charge is 0.328 e. The first kappa shape index (κ1) is 14.0. The number of hydrogen-bond acceptors (Lipinski definition) is 3. The van der Waals surface area contributed by atoms with Crippen LogP contribution in [0.3, 0.4) is 0 Å². The first-order valence-electron chi connectivity index (χ1n) is 5.85.